The zero-order valence-corrected chi connectivity index (χ0v) is 22.2. The number of allylic oxidation sites excluding steroid dienone is 1. The molecular formula is C30H29F3O5S. The average molecular weight is 559 g/mol. The van der Waals surface area contributed by atoms with Gasteiger partial charge in [-0.3, -0.25) is 0 Å². The minimum absolute atomic E-state index is 0.225. The molecule has 0 radical (unpaired) electrons. The highest BCUT2D eigenvalue weighted by Gasteiger charge is 2.49. The van der Waals surface area contributed by atoms with Crippen molar-refractivity contribution in [3.8, 4) is 11.8 Å². The van der Waals surface area contributed by atoms with Crippen LogP contribution in [0.1, 0.15) is 61.7 Å². The summed E-state index contributed by atoms with van der Waals surface area (Å²) >= 11 is 0. The van der Waals surface area contributed by atoms with E-state index < -0.39 is 33.9 Å². The molecule has 0 spiro atoms. The van der Waals surface area contributed by atoms with Crippen molar-refractivity contribution in [2.75, 3.05) is 0 Å². The number of rotatable bonds is 6. The molecule has 9 heteroatoms. The third-order valence-corrected chi connectivity index (χ3v) is 6.96. The van der Waals surface area contributed by atoms with Gasteiger partial charge in [-0.2, -0.15) is 21.6 Å². The molecular weight excluding hydrogens is 529 g/mol. The van der Waals surface area contributed by atoms with Gasteiger partial charge in [0, 0.05) is 18.4 Å². The number of halogens is 3. The molecule has 0 aromatic heterocycles. The molecule has 3 aromatic rings. The molecule has 1 saturated heterocycles. The van der Waals surface area contributed by atoms with Gasteiger partial charge in [0.15, 0.2) is 0 Å². The molecule has 4 rings (SSSR count). The molecule has 0 saturated carbocycles. The second-order valence-electron chi connectivity index (χ2n) is 8.65. The van der Waals surface area contributed by atoms with Crippen LogP contribution < -0.4 is 0 Å². The van der Waals surface area contributed by atoms with Crippen LogP contribution in [0.25, 0.3) is 0 Å². The van der Waals surface area contributed by atoms with Gasteiger partial charge in [-0.15, -0.1) is 11.8 Å². The standard InChI is InChI=1S/C19H17F3O4S.C11H12O/c1-13(26-27(23,24)19(20,21)22)16-12-17(14-8-4-2-5-9-14)25-18(16)15-10-6-3-7-11-15;1-2-3-9-11(12)10-7-5-4-6-8-10/h2-11,17-18H,12H2,1H3;4-8,11-12H,9H2,1H3/b16-13+;/t17-,18-;/m0./s1. The average Bonchev–Trinajstić information content (AvgIpc) is 3.39. The monoisotopic (exact) mass is 558 g/mol. The normalized spacial score (nSPS) is 19.1. The first-order valence-electron chi connectivity index (χ1n) is 12.1. The number of benzene rings is 3. The summed E-state index contributed by atoms with van der Waals surface area (Å²) in [5.41, 5.74) is -2.64. The first-order chi connectivity index (χ1) is 18.5. The van der Waals surface area contributed by atoms with Gasteiger partial charge in [0.25, 0.3) is 0 Å². The highest BCUT2D eigenvalue weighted by Crippen LogP contribution is 2.46. The maximum Gasteiger partial charge on any atom is 0.534 e. The summed E-state index contributed by atoms with van der Waals surface area (Å²) in [6, 6.07) is 27.6. The number of aliphatic hydroxyl groups is 1. The van der Waals surface area contributed by atoms with Crippen molar-refractivity contribution in [1.82, 2.24) is 0 Å². The van der Waals surface area contributed by atoms with E-state index in [-0.39, 0.29) is 12.2 Å². The maximum atomic E-state index is 12.7. The van der Waals surface area contributed by atoms with Crippen LogP contribution in [0.2, 0.25) is 0 Å². The quantitative estimate of drug-likeness (QED) is 0.150. The fourth-order valence-electron chi connectivity index (χ4n) is 3.96. The molecule has 0 amide bonds. The van der Waals surface area contributed by atoms with Gasteiger partial charge in [-0.05, 0) is 30.5 Å². The van der Waals surface area contributed by atoms with E-state index in [0.717, 1.165) is 11.1 Å². The number of hydrogen-bond donors (Lipinski definition) is 1. The highest BCUT2D eigenvalue weighted by molar-refractivity contribution is 7.87. The minimum Gasteiger partial charge on any atom is -0.387 e. The van der Waals surface area contributed by atoms with Gasteiger partial charge in [0.1, 0.15) is 11.9 Å². The summed E-state index contributed by atoms with van der Waals surface area (Å²) < 4.78 is 71.2. The largest absolute Gasteiger partial charge is 0.534 e. The molecule has 1 aliphatic rings. The van der Waals surface area contributed by atoms with Crippen LogP contribution in [-0.2, 0) is 19.0 Å². The van der Waals surface area contributed by atoms with E-state index in [2.05, 4.69) is 16.0 Å². The third-order valence-electron chi connectivity index (χ3n) is 5.92. The lowest BCUT2D eigenvalue weighted by Gasteiger charge is -2.16. The topological polar surface area (TPSA) is 72.8 Å². The van der Waals surface area contributed by atoms with E-state index in [4.69, 9.17) is 4.74 Å². The van der Waals surface area contributed by atoms with E-state index in [9.17, 15) is 26.7 Å². The zero-order valence-electron chi connectivity index (χ0n) is 21.4. The Labute approximate surface area is 227 Å². The first-order valence-corrected chi connectivity index (χ1v) is 13.5. The Balaban J connectivity index is 0.000000293. The lowest BCUT2D eigenvalue weighted by atomic mass is 9.97. The van der Waals surface area contributed by atoms with Gasteiger partial charge < -0.3 is 14.0 Å². The Morgan fingerprint density at radius 3 is 2.00 bits per heavy atom. The summed E-state index contributed by atoms with van der Waals surface area (Å²) in [4.78, 5) is 0. The molecule has 0 aliphatic carbocycles. The van der Waals surface area contributed by atoms with Crippen molar-refractivity contribution in [2.45, 2.75) is 50.5 Å². The van der Waals surface area contributed by atoms with E-state index in [1.165, 1.54) is 6.92 Å². The number of ether oxygens (including phenoxy) is 1. The van der Waals surface area contributed by atoms with Crippen molar-refractivity contribution in [3.63, 3.8) is 0 Å². The van der Waals surface area contributed by atoms with Crippen LogP contribution in [0.5, 0.6) is 0 Å². The number of hydrogen-bond acceptors (Lipinski definition) is 5. The summed E-state index contributed by atoms with van der Waals surface area (Å²) in [6.07, 6.45) is -0.819. The van der Waals surface area contributed by atoms with Crippen molar-refractivity contribution in [3.05, 3.63) is 119 Å². The van der Waals surface area contributed by atoms with Crippen LogP contribution in [0.3, 0.4) is 0 Å². The van der Waals surface area contributed by atoms with Crippen molar-refractivity contribution < 1.29 is 35.6 Å². The maximum absolute atomic E-state index is 12.7. The summed E-state index contributed by atoms with van der Waals surface area (Å²) in [6.45, 7) is 2.99. The second-order valence-corrected chi connectivity index (χ2v) is 10.2. The van der Waals surface area contributed by atoms with Crippen LogP contribution in [0.4, 0.5) is 13.2 Å². The summed E-state index contributed by atoms with van der Waals surface area (Å²) in [5, 5.41) is 9.55. The predicted octanol–water partition coefficient (Wildman–Crippen LogP) is 7.16. The fraction of sp³-hybridized carbons (Fsp3) is 0.267. The van der Waals surface area contributed by atoms with Crippen LogP contribution in [0, 0.1) is 11.8 Å². The molecule has 1 heterocycles. The Morgan fingerprint density at radius 1 is 0.974 bits per heavy atom. The number of aliphatic hydroxyl groups excluding tert-OH is 1. The molecule has 3 aromatic carbocycles. The Morgan fingerprint density at radius 2 is 1.49 bits per heavy atom. The minimum atomic E-state index is -5.74. The van der Waals surface area contributed by atoms with Gasteiger partial charge in [0.05, 0.1) is 12.2 Å². The molecule has 0 bridgehead atoms. The lowest BCUT2D eigenvalue weighted by molar-refractivity contribution is -0.0523. The van der Waals surface area contributed by atoms with E-state index in [0.29, 0.717) is 17.6 Å². The van der Waals surface area contributed by atoms with Crippen LogP contribution >= 0.6 is 0 Å². The van der Waals surface area contributed by atoms with Gasteiger partial charge in [-0.25, -0.2) is 0 Å². The Hall–Kier alpha value is -3.58. The van der Waals surface area contributed by atoms with Crippen molar-refractivity contribution >= 4 is 10.1 Å². The van der Waals surface area contributed by atoms with Crippen LogP contribution in [0.15, 0.2) is 102 Å². The van der Waals surface area contributed by atoms with E-state index >= 15 is 0 Å². The second kappa shape index (κ2) is 13.5. The predicted molar refractivity (Wildman–Crippen MR) is 142 cm³/mol. The van der Waals surface area contributed by atoms with E-state index in [1.807, 2.05) is 60.7 Å². The molecule has 3 atom stereocenters. The summed E-state index contributed by atoms with van der Waals surface area (Å²) in [5.74, 6) is 5.29. The molecule has 5 nitrogen and oxygen atoms in total. The van der Waals surface area contributed by atoms with Gasteiger partial charge in [-0.1, -0.05) is 91.0 Å². The van der Waals surface area contributed by atoms with Gasteiger partial charge >= 0.3 is 15.6 Å². The fourth-order valence-corrected chi connectivity index (χ4v) is 4.49. The molecule has 206 valence electrons. The molecule has 1 unspecified atom stereocenters. The highest BCUT2D eigenvalue weighted by atomic mass is 32.2. The van der Waals surface area contributed by atoms with Crippen molar-refractivity contribution in [1.29, 1.82) is 0 Å². The van der Waals surface area contributed by atoms with Crippen molar-refractivity contribution in [2.24, 2.45) is 0 Å². The van der Waals surface area contributed by atoms with Gasteiger partial charge in [0.2, 0.25) is 0 Å². The molecule has 1 aliphatic heterocycles. The molecule has 1 N–H and O–H groups in total. The van der Waals surface area contributed by atoms with Crippen LogP contribution in [-0.4, -0.2) is 19.0 Å². The Kier molecular flexibility index (Phi) is 10.4. The zero-order chi connectivity index (χ0) is 28.5. The molecule has 39 heavy (non-hydrogen) atoms. The van der Waals surface area contributed by atoms with E-state index in [1.54, 1.807) is 37.3 Å². The third kappa shape index (κ3) is 8.20. The SMILES string of the molecule is C/C(OS(=O)(=O)C(F)(F)F)=C1/C[C@@H](c2ccccc2)O[C@H]1c1ccccc1.CC#CCC(O)c1ccccc1. The number of alkyl halides is 3. The lowest BCUT2D eigenvalue weighted by Crippen LogP contribution is -2.25. The molecule has 1 fully saturated rings. The Bertz CT molecular complexity index is 1390. The first kappa shape index (κ1) is 30.0. The summed E-state index contributed by atoms with van der Waals surface area (Å²) in [7, 11) is -5.74. The smallest absolute Gasteiger partial charge is 0.387 e.